The van der Waals surface area contributed by atoms with Crippen LogP contribution >= 0.6 is 11.8 Å². The fourth-order valence-corrected chi connectivity index (χ4v) is 2.40. The van der Waals surface area contributed by atoms with Crippen LogP contribution in [0.3, 0.4) is 0 Å². The molecule has 2 N–H and O–H groups in total. The molecule has 1 aliphatic heterocycles. The summed E-state index contributed by atoms with van der Waals surface area (Å²) in [5.41, 5.74) is -1.44. The van der Waals surface area contributed by atoms with Crippen molar-refractivity contribution in [3.63, 3.8) is 0 Å². The minimum atomic E-state index is -1.40. The van der Waals surface area contributed by atoms with Crippen LogP contribution in [0.15, 0.2) is 23.2 Å². The van der Waals surface area contributed by atoms with Crippen LogP contribution < -0.4 is 5.32 Å². The summed E-state index contributed by atoms with van der Waals surface area (Å²) in [6.45, 7) is 0.545. The van der Waals surface area contributed by atoms with E-state index in [-0.39, 0.29) is 0 Å². The van der Waals surface area contributed by atoms with Gasteiger partial charge in [-0.05, 0) is 6.07 Å². The van der Waals surface area contributed by atoms with Crippen LogP contribution in [-0.2, 0) is 0 Å². The van der Waals surface area contributed by atoms with Crippen LogP contribution in [0, 0.1) is 10.1 Å². The van der Waals surface area contributed by atoms with Crippen molar-refractivity contribution in [3.05, 3.63) is 39.4 Å². The maximum Gasteiger partial charge on any atom is 0.336 e. The molecule has 1 heterocycles. The van der Waals surface area contributed by atoms with E-state index in [9.17, 15) is 19.7 Å². The molecule has 1 aromatic carbocycles. The summed E-state index contributed by atoms with van der Waals surface area (Å²) < 4.78 is 0. The van der Waals surface area contributed by atoms with Crippen molar-refractivity contribution in [2.45, 2.75) is 0 Å². The summed E-state index contributed by atoms with van der Waals surface area (Å²) in [5.74, 6) is -1.54. The Balaban J connectivity index is 2.44. The number of carbonyl (C=O) groups is 2. The third-order valence-electron chi connectivity index (χ3n) is 2.50. The first kappa shape index (κ1) is 14.0. The SMILES string of the molecule is O=C(O)c1cccc([N+](=O)[O-])c1C(=O)NC1=NCCS1. The number of rotatable bonds is 3. The van der Waals surface area contributed by atoms with Crippen LogP contribution in [0.2, 0.25) is 0 Å². The van der Waals surface area contributed by atoms with Gasteiger partial charge in [0.1, 0.15) is 5.56 Å². The number of nitro benzene ring substituents is 1. The number of carboxylic acid groups (broad SMARTS) is 1. The quantitative estimate of drug-likeness (QED) is 0.636. The zero-order chi connectivity index (χ0) is 14.7. The lowest BCUT2D eigenvalue weighted by molar-refractivity contribution is -0.385. The first-order chi connectivity index (χ1) is 9.50. The molecule has 0 spiro atoms. The molecular formula is C11H9N3O5S. The highest BCUT2D eigenvalue weighted by Crippen LogP contribution is 2.23. The molecule has 8 nitrogen and oxygen atoms in total. The molecule has 0 bridgehead atoms. The van der Waals surface area contributed by atoms with E-state index in [1.165, 1.54) is 17.8 Å². The van der Waals surface area contributed by atoms with E-state index in [4.69, 9.17) is 5.11 Å². The topological polar surface area (TPSA) is 122 Å². The van der Waals surface area contributed by atoms with Gasteiger partial charge in [0.2, 0.25) is 0 Å². The van der Waals surface area contributed by atoms with Gasteiger partial charge in [-0.3, -0.25) is 19.9 Å². The number of nitrogens with zero attached hydrogens (tertiary/aromatic N) is 2. The van der Waals surface area contributed by atoms with Gasteiger partial charge in [0.25, 0.3) is 11.6 Å². The van der Waals surface area contributed by atoms with Crippen molar-refractivity contribution < 1.29 is 19.6 Å². The first-order valence-electron chi connectivity index (χ1n) is 5.50. The predicted molar refractivity (Wildman–Crippen MR) is 72.3 cm³/mol. The Labute approximate surface area is 117 Å². The molecule has 0 fully saturated rings. The number of aliphatic imine (C=N–C) groups is 1. The molecule has 1 amide bonds. The molecule has 9 heteroatoms. The normalized spacial score (nSPS) is 13.7. The number of thioether (sulfide) groups is 1. The van der Waals surface area contributed by atoms with Crippen molar-refractivity contribution in [1.82, 2.24) is 5.32 Å². The molecule has 0 saturated carbocycles. The number of carboxylic acids is 1. The monoisotopic (exact) mass is 295 g/mol. The zero-order valence-electron chi connectivity index (χ0n) is 10.0. The summed E-state index contributed by atoms with van der Waals surface area (Å²) in [5, 5.41) is 22.7. The first-order valence-corrected chi connectivity index (χ1v) is 6.48. The number of amides is 1. The second-order valence-electron chi connectivity index (χ2n) is 3.75. The molecule has 0 unspecified atom stereocenters. The van der Waals surface area contributed by atoms with Gasteiger partial charge < -0.3 is 10.4 Å². The molecule has 0 aliphatic carbocycles. The molecule has 1 aliphatic rings. The number of amidine groups is 1. The molecule has 0 radical (unpaired) electrons. The Morgan fingerprint density at radius 1 is 1.45 bits per heavy atom. The van der Waals surface area contributed by atoms with Gasteiger partial charge in [-0.15, -0.1) is 0 Å². The van der Waals surface area contributed by atoms with Crippen molar-refractivity contribution in [2.75, 3.05) is 12.3 Å². The summed E-state index contributed by atoms with van der Waals surface area (Å²) in [7, 11) is 0. The standard InChI is InChI=1S/C11H9N3O5S/c15-9(13-11-12-4-5-20-11)8-6(10(16)17)2-1-3-7(8)14(18)19/h1-3H,4-5H2,(H,16,17)(H,12,13,15). The summed E-state index contributed by atoms with van der Waals surface area (Å²) >= 11 is 1.29. The predicted octanol–water partition coefficient (Wildman–Crippen LogP) is 1.13. The van der Waals surface area contributed by atoms with Gasteiger partial charge in [0, 0.05) is 11.8 Å². The molecule has 0 saturated heterocycles. The van der Waals surface area contributed by atoms with E-state index in [1.54, 1.807) is 0 Å². The largest absolute Gasteiger partial charge is 0.478 e. The fourth-order valence-electron chi connectivity index (χ4n) is 1.68. The van der Waals surface area contributed by atoms with Gasteiger partial charge in [-0.25, -0.2) is 4.79 Å². The van der Waals surface area contributed by atoms with Crippen LogP contribution in [0.5, 0.6) is 0 Å². The van der Waals surface area contributed by atoms with E-state index in [0.717, 1.165) is 12.1 Å². The molecule has 20 heavy (non-hydrogen) atoms. The summed E-state index contributed by atoms with van der Waals surface area (Å²) in [6, 6.07) is 3.46. The smallest absolute Gasteiger partial charge is 0.336 e. The fraction of sp³-hybridized carbons (Fsp3) is 0.182. The lowest BCUT2D eigenvalue weighted by Gasteiger charge is -2.07. The molecule has 2 rings (SSSR count). The number of nitro groups is 1. The van der Waals surface area contributed by atoms with Crippen molar-refractivity contribution in [1.29, 1.82) is 0 Å². The third kappa shape index (κ3) is 2.77. The Morgan fingerprint density at radius 2 is 2.20 bits per heavy atom. The molecule has 1 aromatic rings. The molecule has 0 aromatic heterocycles. The Morgan fingerprint density at radius 3 is 2.75 bits per heavy atom. The second kappa shape index (κ2) is 5.70. The van der Waals surface area contributed by atoms with Gasteiger partial charge in [0.05, 0.1) is 17.0 Å². The lowest BCUT2D eigenvalue weighted by Crippen LogP contribution is -2.29. The highest BCUT2D eigenvalue weighted by atomic mass is 32.2. The maximum atomic E-state index is 12.1. The van der Waals surface area contributed by atoms with Gasteiger partial charge >= 0.3 is 5.97 Å². The lowest BCUT2D eigenvalue weighted by atomic mass is 10.0. The number of hydrogen-bond acceptors (Lipinski definition) is 6. The minimum absolute atomic E-state index is 0.337. The number of hydrogen-bond donors (Lipinski definition) is 2. The Hall–Kier alpha value is -2.42. The van der Waals surface area contributed by atoms with Crippen LogP contribution in [-0.4, -0.2) is 39.4 Å². The van der Waals surface area contributed by atoms with E-state index in [2.05, 4.69) is 10.3 Å². The van der Waals surface area contributed by atoms with E-state index >= 15 is 0 Å². The van der Waals surface area contributed by atoms with E-state index in [0.29, 0.717) is 17.5 Å². The highest BCUT2D eigenvalue weighted by molar-refractivity contribution is 8.14. The van der Waals surface area contributed by atoms with Crippen LogP contribution in [0.4, 0.5) is 5.69 Å². The van der Waals surface area contributed by atoms with Crippen molar-refractivity contribution in [3.8, 4) is 0 Å². The van der Waals surface area contributed by atoms with Crippen LogP contribution in [0.25, 0.3) is 0 Å². The second-order valence-corrected chi connectivity index (χ2v) is 4.84. The zero-order valence-corrected chi connectivity index (χ0v) is 10.8. The van der Waals surface area contributed by atoms with E-state index < -0.39 is 33.6 Å². The number of benzene rings is 1. The van der Waals surface area contributed by atoms with Crippen LogP contribution in [0.1, 0.15) is 20.7 Å². The molecule has 0 atom stereocenters. The number of aromatic carboxylic acids is 1. The Bertz CT molecular complexity index is 596. The minimum Gasteiger partial charge on any atom is -0.478 e. The van der Waals surface area contributed by atoms with Gasteiger partial charge in [-0.2, -0.15) is 0 Å². The summed E-state index contributed by atoms with van der Waals surface area (Å²) in [6.07, 6.45) is 0. The average Bonchev–Trinajstić information content (AvgIpc) is 2.90. The van der Waals surface area contributed by atoms with Gasteiger partial charge in [-0.1, -0.05) is 17.8 Å². The molecule has 104 valence electrons. The average molecular weight is 295 g/mol. The number of carbonyl (C=O) groups excluding carboxylic acids is 1. The molecular weight excluding hydrogens is 286 g/mol. The third-order valence-corrected chi connectivity index (χ3v) is 3.39. The number of nitrogens with one attached hydrogen (secondary N) is 1. The van der Waals surface area contributed by atoms with Crippen molar-refractivity contribution in [2.24, 2.45) is 4.99 Å². The Kier molecular flexibility index (Phi) is 3.99. The van der Waals surface area contributed by atoms with Crippen molar-refractivity contribution >= 4 is 34.5 Å². The summed E-state index contributed by atoms with van der Waals surface area (Å²) in [4.78, 5) is 37.3. The van der Waals surface area contributed by atoms with Gasteiger partial charge in [0.15, 0.2) is 5.17 Å². The maximum absolute atomic E-state index is 12.1. The van der Waals surface area contributed by atoms with E-state index in [1.807, 2.05) is 0 Å². The highest BCUT2D eigenvalue weighted by Gasteiger charge is 2.28.